The standard InChI is InChI=1S/C12H17ClN2O2/c1-12(2,3)7-15(4)9-6-5-8(13)10(14-9)11(16)17/h5-6H,7H2,1-4H3,(H,16,17). The summed E-state index contributed by atoms with van der Waals surface area (Å²) < 4.78 is 0. The fourth-order valence-electron chi connectivity index (χ4n) is 1.59. The summed E-state index contributed by atoms with van der Waals surface area (Å²) in [5, 5.41) is 9.10. The van der Waals surface area contributed by atoms with Gasteiger partial charge in [0.2, 0.25) is 0 Å². The predicted molar refractivity (Wildman–Crippen MR) is 68.9 cm³/mol. The number of rotatable bonds is 3. The van der Waals surface area contributed by atoms with Gasteiger partial charge in [-0.3, -0.25) is 0 Å². The van der Waals surface area contributed by atoms with Crippen molar-refractivity contribution in [2.24, 2.45) is 5.41 Å². The Hall–Kier alpha value is -1.29. The van der Waals surface area contributed by atoms with Gasteiger partial charge in [-0.1, -0.05) is 32.4 Å². The number of aromatic carboxylic acids is 1. The summed E-state index contributed by atoms with van der Waals surface area (Å²) in [7, 11) is 1.88. The van der Waals surface area contributed by atoms with Gasteiger partial charge in [0.1, 0.15) is 5.82 Å². The lowest BCUT2D eigenvalue weighted by atomic mass is 9.96. The summed E-state index contributed by atoms with van der Waals surface area (Å²) in [6.07, 6.45) is 0. The maximum atomic E-state index is 10.9. The second kappa shape index (κ2) is 4.92. The van der Waals surface area contributed by atoms with Crippen molar-refractivity contribution >= 4 is 23.4 Å². The molecular formula is C12H17ClN2O2. The number of aromatic nitrogens is 1. The molecule has 1 aromatic heterocycles. The molecule has 4 nitrogen and oxygen atoms in total. The highest BCUT2D eigenvalue weighted by molar-refractivity contribution is 6.33. The minimum atomic E-state index is -1.11. The van der Waals surface area contributed by atoms with Crippen LogP contribution in [0.5, 0.6) is 0 Å². The molecule has 0 unspecified atom stereocenters. The molecule has 94 valence electrons. The highest BCUT2D eigenvalue weighted by atomic mass is 35.5. The van der Waals surface area contributed by atoms with Crippen molar-refractivity contribution in [2.45, 2.75) is 20.8 Å². The van der Waals surface area contributed by atoms with Gasteiger partial charge in [0.25, 0.3) is 0 Å². The Bertz CT molecular complexity index is 427. The summed E-state index contributed by atoms with van der Waals surface area (Å²) in [5.74, 6) is -0.497. The number of hydrogen-bond donors (Lipinski definition) is 1. The molecule has 0 saturated carbocycles. The van der Waals surface area contributed by atoms with Gasteiger partial charge in [0.05, 0.1) is 5.02 Å². The number of halogens is 1. The van der Waals surface area contributed by atoms with Crippen molar-refractivity contribution in [3.63, 3.8) is 0 Å². The van der Waals surface area contributed by atoms with Crippen molar-refractivity contribution in [3.05, 3.63) is 22.8 Å². The molecule has 1 heterocycles. The second-order valence-electron chi connectivity index (χ2n) is 5.22. The normalized spacial score (nSPS) is 11.4. The molecule has 17 heavy (non-hydrogen) atoms. The fourth-order valence-corrected chi connectivity index (χ4v) is 1.77. The summed E-state index contributed by atoms with van der Waals surface area (Å²) >= 11 is 5.77. The van der Waals surface area contributed by atoms with E-state index in [9.17, 15) is 4.79 Å². The molecule has 1 N–H and O–H groups in total. The summed E-state index contributed by atoms with van der Waals surface area (Å²) in [4.78, 5) is 16.9. The average molecular weight is 257 g/mol. The zero-order valence-electron chi connectivity index (χ0n) is 10.5. The second-order valence-corrected chi connectivity index (χ2v) is 5.63. The molecule has 0 fully saturated rings. The Kier molecular flexibility index (Phi) is 3.98. The van der Waals surface area contributed by atoms with Gasteiger partial charge >= 0.3 is 5.97 Å². The zero-order valence-corrected chi connectivity index (χ0v) is 11.2. The van der Waals surface area contributed by atoms with Crippen LogP contribution in [0.1, 0.15) is 31.3 Å². The van der Waals surface area contributed by atoms with E-state index in [2.05, 4.69) is 25.8 Å². The van der Waals surface area contributed by atoms with Gasteiger partial charge in [-0.2, -0.15) is 0 Å². The molecule has 0 saturated heterocycles. The number of hydrogen-bond acceptors (Lipinski definition) is 3. The Labute approximate surface area is 106 Å². The molecule has 1 aromatic rings. The first-order valence-corrected chi connectivity index (χ1v) is 5.69. The third-order valence-electron chi connectivity index (χ3n) is 2.14. The van der Waals surface area contributed by atoms with Gasteiger partial charge in [-0.05, 0) is 17.5 Å². The average Bonchev–Trinajstić information content (AvgIpc) is 2.14. The molecule has 0 radical (unpaired) electrons. The van der Waals surface area contributed by atoms with Crippen LogP contribution in [0.3, 0.4) is 0 Å². The number of carboxylic acids is 1. The Morgan fingerprint density at radius 1 is 1.47 bits per heavy atom. The highest BCUT2D eigenvalue weighted by Gasteiger charge is 2.17. The lowest BCUT2D eigenvalue weighted by Crippen LogP contribution is -2.30. The maximum absolute atomic E-state index is 10.9. The number of pyridine rings is 1. The Balaban J connectivity index is 3.00. The van der Waals surface area contributed by atoms with Crippen LogP contribution in [0, 0.1) is 5.41 Å². The first-order chi connectivity index (χ1) is 7.70. The number of carbonyl (C=O) groups is 1. The number of anilines is 1. The minimum Gasteiger partial charge on any atom is -0.476 e. The quantitative estimate of drug-likeness (QED) is 0.904. The number of carboxylic acid groups (broad SMARTS) is 1. The van der Waals surface area contributed by atoms with E-state index in [-0.39, 0.29) is 16.1 Å². The first-order valence-electron chi connectivity index (χ1n) is 5.32. The van der Waals surface area contributed by atoms with E-state index in [0.29, 0.717) is 5.82 Å². The largest absolute Gasteiger partial charge is 0.476 e. The zero-order chi connectivity index (χ0) is 13.2. The Morgan fingerprint density at radius 2 is 2.06 bits per heavy atom. The van der Waals surface area contributed by atoms with Crippen LogP contribution in [0.2, 0.25) is 5.02 Å². The van der Waals surface area contributed by atoms with Crippen LogP contribution in [-0.2, 0) is 0 Å². The van der Waals surface area contributed by atoms with E-state index >= 15 is 0 Å². The molecule has 0 bridgehead atoms. The molecule has 0 aliphatic rings. The smallest absolute Gasteiger partial charge is 0.356 e. The molecular weight excluding hydrogens is 240 g/mol. The van der Waals surface area contributed by atoms with E-state index in [4.69, 9.17) is 16.7 Å². The molecule has 0 spiro atoms. The molecule has 0 amide bonds. The molecule has 0 aromatic carbocycles. The van der Waals surface area contributed by atoms with E-state index in [1.807, 2.05) is 11.9 Å². The van der Waals surface area contributed by atoms with Crippen molar-refractivity contribution in [3.8, 4) is 0 Å². The SMILES string of the molecule is CN(CC(C)(C)C)c1ccc(Cl)c(C(=O)O)n1. The first kappa shape index (κ1) is 13.8. The van der Waals surface area contributed by atoms with Gasteiger partial charge in [0, 0.05) is 13.6 Å². The van der Waals surface area contributed by atoms with Gasteiger partial charge in [-0.15, -0.1) is 0 Å². The van der Waals surface area contributed by atoms with Crippen LogP contribution in [0.4, 0.5) is 5.82 Å². The van der Waals surface area contributed by atoms with Crippen molar-refractivity contribution < 1.29 is 9.90 Å². The summed E-state index contributed by atoms with van der Waals surface area (Å²) in [6.45, 7) is 7.10. The molecule has 0 aliphatic carbocycles. The maximum Gasteiger partial charge on any atom is 0.356 e. The van der Waals surface area contributed by atoms with Crippen molar-refractivity contribution in [1.29, 1.82) is 0 Å². The summed E-state index contributed by atoms with van der Waals surface area (Å²) in [6, 6.07) is 3.28. The van der Waals surface area contributed by atoms with Crippen LogP contribution in [0.25, 0.3) is 0 Å². The van der Waals surface area contributed by atoms with Gasteiger partial charge in [-0.25, -0.2) is 9.78 Å². The van der Waals surface area contributed by atoms with Gasteiger partial charge in [0.15, 0.2) is 5.69 Å². The molecule has 0 atom stereocenters. The third-order valence-corrected chi connectivity index (χ3v) is 2.44. The van der Waals surface area contributed by atoms with E-state index in [1.54, 1.807) is 12.1 Å². The number of nitrogens with zero attached hydrogens (tertiary/aromatic N) is 2. The lowest BCUT2D eigenvalue weighted by Gasteiger charge is -2.27. The highest BCUT2D eigenvalue weighted by Crippen LogP contribution is 2.22. The molecule has 5 heteroatoms. The van der Waals surface area contributed by atoms with Crippen molar-refractivity contribution in [1.82, 2.24) is 4.98 Å². The molecule has 0 aliphatic heterocycles. The van der Waals surface area contributed by atoms with Crippen LogP contribution in [-0.4, -0.2) is 29.7 Å². The fraction of sp³-hybridized carbons (Fsp3) is 0.500. The van der Waals surface area contributed by atoms with Crippen LogP contribution >= 0.6 is 11.6 Å². The summed E-state index contributed by atoms with van der Waals surface area (Å²) in [5.41, 5.74) is 0.00402. The van der Waals surface area contributed by atoms with Gasteiger partial charge < -0.3 is 10.0 Å². The minimum absolute atomic E-state index is 0.107. The lowest BCUT2D eigenvalue weighted by molar-refractivity contribution is 0.0691. The van der Waals surface area contributed by atoms with E-state index in [0.717, 1.165) is 6.54 Å². The predicted octanol–water partition coefficient (Wildman–Crippen LogP) is 2.92. The van der Waals surface area contributed by atoms with Crippen LogP contribution < -0.4 is 4.90 Å². The third kappa shape index (κ3) is 3.89. The van der Waals surface area contributed by atoms with Crippen molar-refractivity contribution in [2.75, 3.05) is 18.5 Å². The monoisotopic (exact) mass is 256 g/mol. The Morgan fingerprint density at radius 3 is 2.53 bits per heavy atom. The van der Waals surface area contributed by atoms with E-state index in [1.165, 1.54) is 0 Å². The topological polar surface area (TPSA) is 53.4 Å². The van der Waals surface area contributed by atoms with E-state index < -0.39 is 5.97 Å². The van der Waals surface area contributed by atoms with Crippen LogP contribution in [0.15, 0.2) is 12.1 Å². The molecule has 1 rings (SSSR count).